The summed E-state index contributed by atoms with van der Waals surface area (Å²) >= 11 is 12.4. The molecule has 1 aliphatic carbocycles. The molecule has 98 valence electrons. The molecule has 2 aromatic rings. The Morgan fingerprint density at radius 1 is 1.21 bits per heavy atom. The molecule has 1 aromatic carbocycles. The molecule has 2 unspecified atom stereocenters. The van der Waals surface area contributed by atoms with E-state index in [1.54, 1.807) is 12.1 Å². The number of hydrogen-bond acceptors (Lipinski definition) is 2. The average Bonchev–Trinajstić information content (AvgIpc) is 3.05. The van der Waals surface area contributed by atoms with E-state index in [1.807, 2.05) is 0 Å². The molecule has 1 saturated carbocycles. The molecule has 0 radical (unpaired) electrons. The first kappa shape index (κ1) is 12.8. The van der Waals surface area contributed by atoms with Crippen molar-refractivity contribution in [2.24, 2.45) is 5.92 Å². The van der Waals surface area contributed by atoms with Crippen LogP contribution in [-0.2, 0) is 0 Å². The van der Waals surface area contributed by atoms with E-state index < -0.39 is 0 Å². The highest BCUT2D eigenvalue weighted by Crippen LogP contribution is 2.46. The molecule has 1 aliphatic rings. The third kappa shape index (κ3) is 2.45. The van der Waals surface area contributed by atoms with Gasteiger partial charge in [-0.15, -0.1) is 0 Å². The molecule has 0 amide bonds. The van der Waals surface area contributed by atoms with Crippen LogP contribution in [0.5, 0.6) is 0 Å². The molecule has 1 heterocycles. The van der Waals surface area contributed by atoms with E-state index in [4.69, 9.17) is 23.2 Å². The van der Waals surface area contributed by atoms with Gasteiger partial charge in [0.2, 0.25) is 0 Å². The molecule has 1 aromatic heterocycles. The number of halogens is 3. The van der Waals surface area contributed by atoms with Crippen LogP contribution < -0.4 is 0 Å². The molecular weight excluding hydrogens is 286 g/mol. The van der Waals surface area contributed by atoms with Gasteiger partial charge in [-0.2, -0.15) is 0 Å². The summed E-state index contributed by atoms with van der Waals surface area (Å²) < 4.78 is 13.3. The van der Waals surface area contributed by atoms with Gasteiger partial charge in [0.15, 0.2) is 0 Å². The number of hydrogen-bond donors (Lipinski definition) is 0. The lowest BCUT2D eigenvalue weighted by atomic mass is 10.1. The quantitative estimate of drug-likeness (QED) is 0.750. The molecule has 5 heteroatoms. The number of rotatable bonds is 2. The maximum absolute atomic E-state index is 13.3. The van der Waals surface area contributed by atoms with Crippen LogP contribution in [0.15, 0.2) is 24.3 Å². The second-order valence-corrected chi connectivity index (χ2v) is 5.58. The lowest BCUT2D eigenvalue weighted by Gasteiger charge is -2.08. The van der Waals surface area contributed by atoms with E-state index in [0.29, 0.717) is 28.8 Å². The lowest BCUT2D eigenvalue weighted by molar-refractivity contribution is 0.628. The standard InChI is InChI=1S/C14H11Cl2FN2/c1-7-5-10(7)14-18-12(15)11(13(16)19-14)8-3-2-4-9(17)6-8/h2-4,6-7,10H,5H2,1H3. The van der Waals surface area contributed by atoms with Crippen LogP contribution in [0.25, 0.3) is 11.1 Å². The minimum absolute atomic E-state index is 0.278. The molecule has 0 saturated heterocycles. The maximum atomic E-state index is 13.3. The predicted octanol–water partition coefficient (Wildman–Crippen LogP) is 4.71. The fraction of sp³-hybridized carbons (Fsp3) is 0.286. The third-order valence-corrected chi connectivity index (χ3v) is 3.94. The fourth-order valence-corrected chi connectivity index (χ4v) is 2.77. The summed E-state index contributed by atoms with van der Waals surface area (Å²) in [6.45, 7) is 2.14. The van der Waals surface area contributed by atoms with Crippen molar-refractivity contribution >= 4 is 23.2 Å². The summed E-state index contributed by atoms with van der Waals surface area (Å²) in [6.07, 6.45) is 1.06. The zero-order valence-corrected chi connectivity index (χ0v) is 11.7. The van der Waals surface area contributed by atoms with Gasteiger partial charge in [-0.05, 0) is 30.0 Å². The zero-order valence-electron chi connectivity index (χ0n) is 10.2. The lowest BCUT2D eigenvalue weighted by Crippen LogP contribution is -1.98. The normalized spacial score (nSPS) is 21.5. The van der Waals surface area contributed by atoms with Gasteiger partial charge >= 0.3 is 0 Å². The van der Waals surface area contributed by atoms with Gasteiger partial charge in [-0.3, -0.25) is 0 Å². The molecule has 0 N–H and O–H groups in total. The van der Waals surface area contributed by atoms with Gasteiger partial charge in [-0.1, -0.05) is 42.3 Å². The molecular formula is C14H11Cl2FN2. The molecule has 1 fully saturated rings. The molecule has 3 rings (SSSR count). The summed E-state index contributed by atoms with van der Waals surface area (Å²) in [5.41, 5.74) is 1.07. The molecule has 0 bridgehead atoms. The summed E-state index contributed by atoms with van der Waals surface area (Å²) in [4.78, 5) is 8.60. The summed E-state index contributed by atoms with van der Waals surface area (Å²) in [5.74, 6) is 1.26. The van der Waals surface area contributed by atoms with Crippen LogP contribution in [0.4, 0.5) is 4.39 Å². The van der Waals surface area contributed by atoms with E-state index in [2.05, 4.69) is 16.9 Å². The van der Waals surface area contributed by atoms with Crippen LogP contribution in [0.2, 0.25) is 10.3 Å². The highest BCUT2D eigenvalue weighted by atomic mass is 35.5. The van der Waals surface area contributed by atoms with E-state index >= 15 is 0 Å². The Kier molecular flexibility index (Phi) is 3.19. The zero-order chi connectivity index (χ0) is 13.6. The van der Waals surface area contributed by atoms with Crippen LogP contribution >= 0.6 is 23.2 Å². The van der Waals surface area contributed by atoms with Crippen LogP contribution in [0, 0.1) is 11.7 Å². The number of aromatic nitrogens is 2. The van der Waals surface area contributed by atoms with Crippen molar-refractivity contribution in [1.29, 1.82) is 0 Å². The topological polar surface area (TPSA) is 25.8 Å². The van der Waals surface area contributed by atoms with Crippen molar-refractivity contribution < 1.29 is 4.39 Å². The van der Waals surface area contributed by atoms with Gasteiger partial charge < -0.3 is 0 Å². The molecule has 0 spiro atoms. The van der Waals surface area contributed by atoms with Gasteiger partial charge in [0.05, 0.1) is 5.56 Å². The van der Waals surface area contributed by atoms with Crippen molar-refractivity contribution in [2.75, 3.05) is 0 Å². The minimum Gasteiger partial charge on any atom is -0.220 e. The third-order valence-electron chi connectivity index (χ3n) is 3.39. The van der Waals surface area contributed by atoms with Crippen LogP contribution in [-0.4, -0.2) is 9.97 Å². The highest BCUT2D eigenvalue weighted by molar-refractivity contribution is 6.37. The SMILES string of the molecule is CC1CC1c1nc(Cl)c(-c2cccc(F)c2)c(Cl)n1. The summed E-state index contributed by atoms with van der Waals surface area (Å²) in [6, 6.07) is 6.08. The Bertz CT molecular complexity index is 622. The van der Waals surface area contributed by atoms with Gasteiger partial charge in [0.25, 0.3) is 0 Å². The smallest absolute Gasteiger partial charge is 0.142 e. The van der Waals surface area contributed by atoms with Gasteiger partial charge in [0, 0.05) is 5.92 Å². The van der Waals surface area contributed by atoms with Crippen molar-refractivity contribution in [3.63, 3.8) is 0 Å². The molecule has 2 nitrogen and oxygen atoms in total. The first-order valence-electron chi connectivity index (χ1n) is 6.05. The minimum atomic E-state index is -0.343. The van der Waals surface area contributed by atoms with Crippen molar-refractivity contribution in [2.45, 2.75) is 19.3 Å². The Balaban J connectivity index is 2.07. The van der Waals surface area contributed by atoms with Gasteiger partial charge in [0.1, 0.15) is 21.9 Å². The van der Waals surface area contributed by atoms with E-state index in [-0.39, 0.29) is 16.1 Å². The van der Waals surface area contributed by atoms with Gasteiger partial charge in [-0.25, -0.2) is 14.4 Å². The number of benzene rings is 1. The molecule has 19 heavy (non-hydrogen) atoms. The highest BCUT2D eigenvalue weighted by Gasteiger charge is 2.37. The average molecular weight is 297 g/mol. The summed E-state index contributed by atoms with van der Waals surface area (Å²) in [7, 11) is 0. The largest absolute Gasteiger partial charge is 0.220 e. The first-order chi connectivity index (χ1) is 9.06. The monoisotopic (exact) mass is 296 g/mol. The fourth-order valence-electron chi connectivity index (χ4n) is 2.15. The Hall–Kier alpha value is -1.19. The second kappa shape index (κ2) is 4.73. The Morgan fingerprint density at radius 3 is 2.37 bits per heavy atom. The van der Waals surface area contributed by atoms with E-state index in [1.165, 1.54) is 12.1 Å². The molecule has 0 aliphatic heterocycles. The first-order valence-corrected chi connectivity index (χ1v) is 6.80. The predicted molar refractivity (Wildman–Crippen MR) is 74.0 cm³/mol. The van der Waals surface area contributed by atoms with Crippen LogP contribution in [0.1, 0.15) is 25.1 Å². The van der Waals surface area contributed by atoms with Crippen LogP contribution in [0.3, 0.4) is 0 Å². The Labute approximate surface area is 120 Å². The molecule has 2 atom stereocenters. The number of nitrogens with zero attached hydrogens (tertiary/aromatic N) is 2. The van der Waals surface area contributed by atoms with E-state index in [9.17, 15) is 4.39 Å². The summed E-state index contributed by atoms with van der Waals surface area (Å²) in [5, 5.41) is 0.555. The van der Waals surface area contributed by atoms with Crippen molar-refractivity contribution in [1.82, 2.24) is 9.97 Å². The van der Waals surface area contributed by atoms with Crippen molar-refractivity contribution in [3.05, 3.63) is 46.2 Å². The Morgan fingerprint density at radius 2 is 1.84 bits per heavy atom. The maximum Gasteiger partial charge on any atom is 0.142 e. The van der Waals surface area contributed by atoms with Crippen molar-refractivity contribution in [3.8, 4) is 11.1 Å². The van der Waals surface area contributed by atoms with E-state index in [0.717, 1.165) is 6.42 Å². The second-order valence-electron chi connectivity index (χ2n) is 4.87.